The van der Waals surface area contributed by atoms with Gasteiger partial charge in [-0.3, -0.25) is 14.9 Å². The Labute approximate surface area is 160 Å². The van der Waals surface area contributed by atoms with Gasteiger partial charge in [0.15, 0.2) is 17.2 Å². The molecule has 1 aliphatic heterocycles. The highest BCUT2D eigenvalue weighted by Gasteiger charge is 2.29. The van der Waals surface area contributed by atoms with Crippen molar-refractivity contribution < 1.29 is 19.2 Å². The van der Waals surface area contributed by atoms with Gasteiger partial charge in [0.05, 0.1) is 22.7 Å². The number of nitro groups is 1. The van der Waals surface area contributed by atoms with E-state index >= 15 is 0 Å². The molecule has 0 unspecified atom stereocenters. The molecule has 0 spiro atoms. The second-order valence-corrected chi connectivity index (χ2v) is 6.50. The van der Waals surface area contributed by atoms with Crippen LogP contribution < -0.4 is 14.8 Å². The molecule has 0 aromatic heterocycles. The Morgan fingerprint density at radius 1 is 1.00 bits per heavy atom. The smallest absolute Gasteiger partial charge is 0.276 e. The summed E-state index contributed by atoms with van der Waals surface area (Å²) in [5, 5.41) is 14.2. The van der Waals surface area contributed by atoms with Crippen LogP contribution >= 0.6 is 0 Å². The van der Waals surface area contributed by atoms with Gasteiger partial charge in [0.2, 0.25) is 0 Å². The van der Waals surface area contributed by atoms with E-state index in [9.17, 15) is 14.9 Å². The largest absolute Gasteiger partial charge is 0.456 e. The van der Waals surface area contributed by atoms with E-state index in [2.05, 4.69) is 5.32 Å². The van der Waals surface area contributed by atoms with Crippen LogP contribution in [0.15, 0.2) is 54.6 Å². The van der Waals surface area contributed by atoms with Crippen LogP contribution in [0, 0.1) is 24.0 Å². The standard InChI is InChI=1S/C21H16N2O5/c1-12-7-8-15-17(9-12)28-19-11-14(23(25)26)10-18(20(19)21(24)22-15)27-16-6-4-3-5-13(16)2/h3-11H,1-2H3,(H,22,24). The molecule has 0 fully saturated rings. The molecule has 7 nitrogen and oxygen atoms in total. The monoisotopic (exact) mass is 376 g/mol. The molecule has 0 aliphatic carbocycles. The zero-order valence-electron chi connectivity index (χ0n) is 15.2. The molecule has 1 amide bonds. The topological polar surface area (TPSA) is 90.7 Å². The second-order valence-electron chi connectivity index (χ2n) is 6.50. The maximum atomic E-state index is 12.9. The van der Waals surface area contributed by atoms with E-state index in [0.29, 0.717) is 17.2 Å². The average Bonchev–Trinajstić information content (AvgIpc) is 2.79. The van der Waals surface area contributed by atoms with Gasteiger partial charge in [-0.25, -0.2) is 0 Å². The van der Waals surface area contributed by atoms with E-state index < -0.39 is 10.8 Å². The molecule has 3 aromatic carbocycles. The van der Waals surface area contributed by atoms with Gasteiger partial charge in [-0.1, -0.05) is 24.3 Å². The van der Waals surface area contributed by atoms with Gasteiger partial charge in [0, 0.05) is 0 Å². The normalized spacial score (nSPS) is 12.1. The van der Waals surface area contributed by atoms with Gasteiger partial charge in [-0.2, -0.15) is 0 Å². The number of ether oxygens (including phenoxy) is 2. The lowest BCUT2D eigenvalue weighted by atomic mass is 10.1. The summed E-state index contributed by atoms with van der Waals surface area (Å²) >= 11 is 0. The first-order chi connectivity index (χ1) is 13.4. The Bertz CT molecular complexity index is 1120. The highest BCUT2D eigenvalue weighted by Crippen LogP contribution is 2.43. The molecule has 4 rings (SSSR count). The number of hydrogen-bond acceptors (Lipinski definition) is 5. The Balaban J connectivity index is 1.89. The van der Waals surface area contributed by atoms with Gasteiger partial charge >= 0.3 is 0 Å². The first-order valence-corrected chi connectivity index (χ1v) is 8.58. The van der Waals surface area contributed by atoms with Crippen molar-refractivity contribution in [3.05, 3.63) is 81.4 Å². The van der Waals surface area contributed by atoms with Gasteiger partial charge in [0.1, 0.15) is 11.3 Å². The van der Waals surface area contributed by atoms with Crippen LogP contribution in [0.4, 0.5) is 11.4 Å². The first-order valence-electron chi connectivity index (χ1n) is 8.58. The Kier molecular flexibility index (Phi) is 4.19. The van der Waals surface area contributed by atoms with Crippen LogP contribution in [0.1, 0.15) is 21.5 Å². The van der Waals surface area contributed by atoms with Crippen molar-refractivity contribution in [3.63, 3.8) is 0 Å². The zero-order valence-corrected chi connectivity index (χ0v) is 15.2. The van der Waals surface area contributed by atoms with Crippen LogP contribution in [-0.4, -0.2) is 10.8 Å². The van der Waals surface area contributed by atoms with E-state index in [1.807, 2.05) is 32.0 Å². The van der Waals surface area contributed by atoms with Crippen molar-refractivity contribution in [2.75, 3.05) is 5.32 Å². The zero-order chi connectivity index (χ0) is 19.8. The molecule has 0 radical (unpaired) electrons. The van der Waals surface area contributed by atoms with E-state index in [-0.39, 0.29) is 22.7 Å². The van der Waals surface area contributed by atoms with Crippen molar-refractivity contribution in [2.24, 2.45) is 0 Å². The number of fused-ring (bicyclic) bond motifs is 2. The summed E-state index contributed by atoms with van der Waals surface area (Å²) in [5.74, 6) is 0.571. The molecule has 1 heterocycles. The number of non-ortho nitro benzene ring substituents is 1. The van der Waals surface area contributed by atoms with Crippen molar-refractivity contribution in [1.82, 2.24) is 0 Å². The van der Waals surface area contributed by atoms with Crippen LogP contribution in [0.3, 0.4) is 0 Å². The fraction of sp³-hybridized carbons (Fsp3) is 0.0952. The molecular weight excluding hydrogens is 360 g/mol. The molecule has 0 saturated heterocycles. The Hall–Kier alpha value is -3.87. The third kappa shape index (κ3) is 3.14. The van der Waals surface area contributed by atoms with E-state index in [0.717, 1.165) is 11.1 Å². The Morgan fingerprint density at radius 3 is 2.54 bits per heavy atom. The van der Waals surface area contributed by atoms with E-state index in [1.54, 1.807) is 24.3 Å². The lowest BCUT2D eigenvalue weighted by Gasteiger charge is -2.13. The maximum absolute atomic E-state index is 12.9. The minimum absolute atomic E-state index is 0.0560. The molecule has 7 heteroatoms. The highest BCUT2D eigenvalue weighted by atomic mass is 16.6. The fourth-order valence-corrected chi connectivity index (χ4v) is 2.98. The van der Waals surface area contributed by atoms with Gasteiger partial charge in [0.25, 0.3) is 11.6 Å². The molecular formula is C21H16N2O5. The SMILES string of the molecule is Cc1ccc2c(c1)Oc1cc([N+](=O)[O-])cc(Oc3ccccc3C)c1C(=O)N2. The fourth-order valence-electron chi connectivity index (χ4n) is 2.98. The van der Waals surface area contributed by atoms with Gasteiger partial charge in [-0.05, 0) is 43.2 Å². The summed E-state index contributed by atoms with van der Waals surface area (Å²) in [4.78, 5) is 23.8. The van der Waals surface area contributed by atoms with Crippen LogP contribution in [0.25, 0.3) is 0 Å². The van der Waals surface area contributed by atoms with Gasteiger partial charge < -0.3 is 14.8 Å². The molecule has 0 bridgehead atoms. The third-order valence-corrected chi connectivity index (χ3v) is 4.41. The summed E-state index contributed by atoms with van der Waals surface area (Å²) in [6.45, 7) is 3.73. The van der Waals surface area contributed by atoms with Crippen LogP contribution in [0.5, 0.6) is 23.0 Å². The van der Waals surface area contributed by atoms with Crippen molar-refractivity contribution in [3.8, 4) is 23.0 Å². The number of aryl methyl sites for hydroxylation is 2. The van der Waals surface area contributed by atoms with Crippen LogP contribution in [-0.2, 0) is 0 Å². The predicted molar refractivity (Wildman–Crippen MR) is 104 cm³/mol. The number of carbonyl (C=O) groups is 1. The first kappa shape index (κ1) is 17.5. The summed E-state index contributed by atoms with van der Waals surface area (Å²) < 4.78 is 11.8. The minimum atomic E-state index is -0.547. The number of nitrogens with one attached hydrogen (secondary N) is 1. The minimum Gasteiger partial charge on any atom is -0.456 e. The lowest BCUT2D eigenvalue weighted by Crippen LogP contribution is -2.12. The molecule has 1 N–H and O–H groups in total. The van der Waals surface area contributed by atoms with E-state index in [4.69, 9.17) is 9.47 Å². The van der Waals surface area contributed by atoms with Gasteiger partial charge in [-0.15, -0.1) is 0 Å². The number of amides is 1. The molecule has 28 heavy (non-hydrogen) atoms. The van der Waals surface area contributed by atoms with E-state index in [1.165, 1.54) is 12.1 Å². The van der Waals surface area contributed by atoms with Crippen LogP contribution in [0.2, 0.25) is 0 Å². The van der Waals surface area contributed by atoms with Crippen molar-refractivity contribution >= 4 is 17.3 Å². The predicted octanol–water partition coefficient (Wildman–Crippen LogP) is 5.36. The third-order valence-electron chi connectivity index (χ3n) is 4.41. The number of carbonyl (C=O) groups excluding carboxylic acids is 1. The molecule has 1 aliphatic rings. The highest BCUT2D eigenvalue weighted by molar-refractivity contribution is 6.10. The number of hydrogen-bond donors (Lipinski definition) is 1. The second kappa shape index (κ2) is 6.70. The lowest BCUT2D eigenvalue weighted by molar-refractivity contribution is -0.385. The molecule has 0 atom stereocenters. The summed E-state index contributed by atoms with van der Waals surface area (Å²) in [5.41, 5.74) is 2.11. The number of anilines is 1. The van der Waals surface area contributed by atoms with Crippen molar-refractivity contribution in [2.45, 2.75) is 13.8 Å². The summed E-state index contributed by atoms with van der Waals surface area (Å²) in [6, 6.07) is 15.0. The number of nitrogens with zero attached hydrogens (tertiary/aromatic N) is 1. The average molecular weight is 376 g/mol. The number of benzene rings is 3. The quantitative estimate of drug-likeness (QED) is 0.491. The molecule has 0 saturated carbocycles. The Morgan fingerprint density at radius 2 is 1.79 bits per heavy atom. The van der Waals surface area contributed by atoms with Crippen molar-refractivity contribution in [1.29, 1.82) is 0 Å². The maximum Gasteiger partial charge on any atom is 0.276 e. The number of nitro benzene ring substituents is 1. The molecule has 3 aromatic rings. The number of rotatable bonds is 3. The molecule has 140 valence electrons. The summed E-state index contributed by atoms with van der Waals surface area (Å²) in [7, 11) is 0. The number of para-hydroxylation sites is 1. The summed E-state index contributed by atoms with van der Waals surface area (Å²) in [6.07, 6.45) is 0.